The maximum Gasteiger partial charge on any atom is 0.356 e. The molecule has 0 aromatic carbocycles. The highest BCUT2D eigenvalue weighted by Crippen LogP contribution is 2.34. The van der Waals surface area contributed by atoms with E-state index in [-0.39, 0.29) is 5.69 Å². The van der Waals surface area contributed by atoms with Crippen molar-refractivity contribution in [2.24, 2.45) is 5.92 Å². The van der Waals surface area contributed by atoms with Crippen LogP contribution in [0.15, 0.2) is 12.4 Å². The van der Waals surface area contributed by atoms with Crippen LogP contribution >= 0.6 is 0 Å². The van der Waals surface area contributed by atoms with Crippen LogP contribution in [-0.2, 0) is 0 Å². The van der Waals surface area contributed by atoms with Gasteiger partial charge in [-0.2, -0.15) is 0 Å². The van der Waals surface area contributed by atoms with Gasteiger partial charge >= 0.3 is 5.97 Å². The van der Waals surface area contributed by atoms with Crippen molar-refractivity contribution in [3.8, 4) is 0 Å². The molecule has 0 saturated heterocycles. The molecule has 0 bridgehead atoms. The number of carboxylic acid groups (broad SMARTS) is 1. The molecule has 0 amide bonds. The van der Waals surface area contributed by atoms with Crippen LogP contribution in [0.25, 0.3) is 0 Å². The molecule has 92 valence electrons. The molecule has 1 saturated carbocycles. The van der Waals surface area contributed by atoms with Gasteiger partial charge in [-0.1, -0.05) is 19.8 Å². The molecule has 1 fully saturated rings. The molecule has 1 aliphatic carbocycles. The van der Waals surface area contributed by atoms with Gasteiger partial charge in [0.15, 0.2) is 5.69 Å². The molecule has 1 heterocycles. The summed E-state index contributed by atoms with van der Waals surface area (Å²) in [5.41, 5.74) is -0.0173. The Morgan fingerprint density at radius 1 is 1.59 bits per heavy atom. The maximum atomic E-state index is 10.8. The third-order valence-electron chi connectivity index (χ3n) is 3.01. The highest BCUT2D eigenvalue weighted by molar-refractivity contribution is 5.85. The van der Waals surface area contributed by atoms with Crippen LogP contribution in [0.2, 0.25) is 0 Å². The summed E-state index contributed by atoms with van der Waals surface area (Å²) in [5.74, 6) is 0.344. The largest absolute Gasteiger partial charge is 0.476 e. The number of carbonyl (C=O) groups is 1. The van der Waals surface area contributed by atoms with E-state index in [1.807, 2.05) is 0 Å². The van der Waals surface area contributed by atoms with Gasteiger partial charge in [-0.3, -0.25) is 4.98 Å². The van der Waals surface area contributed by atoms with Gasteiger partial charge in [-0.15, -0.1) is 0 Å². The molecule has 17 heavy (non-hydrogen) atoms. The van der Waals surface area contributed by atoms with E-state index in [0.29, 0.717) is 11.9 Å². The Hall–Kier alpha value is -1.65. The molecular formula is C12H17N3O2. The van der Waals surface area contributed by atoms with Gasteiger partial charge in [0.1, 0.15) is 5.82 Å². The van der Waals surface area contributed by atoms with E-state index in [0.717, 1.165) is 18.8 Å². The molecule has 0 spiro atoms. The molecule has 2 rings (SSSR count). The molecule has 1 aromatic heterocycles. The normalized spacial score (nSPS) is 16.5. The standard InChI is InChI=1S/C12H17N3O2/c1-2-9(5-8-3-4-8)14-11-7-13-6-10(15-11)12(16)17/h6-9H,2-5H2,1H3,(H,14,15)(H,16,17). The van der Waals surface area contributed by atoms with Crippen LogP contribution in [0.3, 0.4) is 0 Å². The minimum absolute atomic E-state index is 0.0173. The topological polar surface area (TPSA) is 75.1 Å². The second kappa shape index (κ2) is 5.12. The van der Waals surface area contributed by atoms with E-state index in [2.05, 4.69) is 22.2 Å². The van der Waals surface area contributed by atoms with E-state index in [1.54, 1.807) is 6.20 Å². The molecular weight excluding hydrogens is 218 g/mol. The predicted octanol–water partition coefficient (Wildman–Crippen LogP) is 2.17. The first-order valence-corrected chi connectivity index (χ1v) is 6.01. The second-order valence-corrected chi connectivity index (χ2v) is 4.52. The lowest BCUT2D eigenvalue weighted by Crippen LogP contribution is -2.20. The van der Waals surface area contributed by atoms with Crippen molar-refractivity contribution in [1.82, 2.24) is 9.97 Å². The van der Waals surface area contributed by atoms with E-state index in [4.69, 9.17) is 5.11 Å². The molecule has 1 aromatic rings. The predicted molar refractivity (Wildman–Crippen MR) is 64.0 cm³/mol. The third-order valence-corrected chi connectivity index (χ3v) is 3.01. The quantitative estimate of drug-likeness (QED) is 0.790. The Labute approximate surface area is 100 Å². The van der Waals surface area contributed by atoms with Crippen molar-refractivity contribution in [1.29, 1.82) is 0 Å². The van der Waals surface area contributed by atoms with E-state index in [9.17, 15) is 4.79 Å². The molecule has 0 radical (unpaired) electrons. The van der Waals surface area contributed by atoms with Crippen LogP contribution in [0.5, 0.6) is 0 Å². The number of anilines is 1. The highest BCUT2D eigenvalue weighted by atomic mass is 16.4. The Balaban J connectivity index is 2.00. The SMILES string of the molecule is CCC(CC1CC1)Nc1cncc(C(=O)O)n1. The number of aromatic nitrogens is 2. The average molecular weight is 235 g/mol. The zero-order chi connectivity index (χ0) is 12.3. The number of hydrogen-bond acceptors (Lipinski definition) is 4. The van der Waals surface area contributed by atoms with Crippen molar-refractivity contribution in [2.45, 2.75) is 38.6 Å². The van der Waals surface area contributed by atoms with E-state index in [1.165, 1.54) is 19.0 Å². The fourth-order valence-electron chi connectivity index (χ4n) is 1.83. The van der Waals surface area contributed by atoms with Gasteiger partial charge < -0.3 is 10.4 Å². The summed E-state index contributed by atoms with van der Waals surface area (Å²) < 4.78 is 0. The number of carboxylic acids is 1. The van der Waals surface area contributed by atoms with Gasteiger partial charge in [-0.25, -0.2) is 9.78 Å². The molecule has 1 atom stereocenters. The first kappa shape index (κ1) is 11.8. The second-order valence-electron chi connectivity index (χ2n) is 4.52. The van der Waals surface area contributed by atoms with Crippen molar-refractivity contribution < 1.29 is 9.90 Å². The van der Waals surface area contributed by atoms with Gasteiger partial charge in [0.25, 0.3) is 0 Å². The molecule has 1 aliphatic rings. The zero-order valence-corrected chi connectivity index (χ0v) is 9.89. The zero-order valence-electron chi connectivity index (χ0n) is 9.89. The number of nitrogens with zero attached hydrogens (tertiary/aromatic N) is 2. The van der Waals surface area contributed by atoms with Crippen LogP contribution in [0.4, 0.5) is 5.82 Å². The number of hydrogen-bond donors (Lipinski definition) is 2. The lowest BCUT2D eigenvalue weighted by atomic mass is 10.1. The average Bonchev–Trinajstić information content (AvgIpc) is 3.12. The smallest absolute Gasteiger partial charge is 0.356 e. The highest BCUT2D eigenvalue weighted by Gasteiger charge is 2.24. The molecule has 5 nitrogen and oxygen atoms in total. The third kappa shape index (κ3) is 3.41. The summed E-state index contributed by atoms with van der Waals surface area (Å²) in [6.07, 6.45) is 7.61. The van der Waals surface area contributed by atoms with Crippen LogP contribution in [-0.4, -0.2) is 27.1 Å². The van der Waals surface area contributed by atoms with E-state index >= 15 is 0 Å². The summed E-state index contributed by atoms with van der Waals surface area (Å²) in [5, 5.41) is 12.1. The lowest BCUT2D eigenvalue weighted by molar-refractivity contribution is 0.0690. The number of aromatic carboxylic acids is 1. The van der Waals surface area contributed by atoms with Crippen molar-refractivity contribution in [2.75, 3.05) is 5.32 Å². The summed E-state index contributed by atoms with van der Waals surface area (Å²) in [6.45, 7) is 2.12. The van der Waals surface area contributed by atoms with Gasteiger partial charge in [0.2, 0.25) is 0 Å². The Kier molecular flexibility index (Phi) is 3.56. The summed E-state index contributed by atoms with van der Waals surface area (Å²) in [7, 11) is 0. The van der Waals surface area contributed by atoms with Crippen LogP contribution in [0.1, 0.15) is 43.1 Å². The van der Waals surface area contributed by atoms with Crippen molar-refractivity contribution >= 4 is 11.8 Å². The Morgan fingerprint density at radius 2 is 2.35 bits per heavy atom. The number of nitrogens with one attached hydrogen (secondary N) is 1. The van der Waals surface area contributed by atoms with E-state index < -0.39 is 5.97 Å². The minimum Gasteiger partial charge on any atom is -0.476 e. The van der Waals surface area contributed by atoms with Gasteiger partial charge in [-0.05, 0) is 18.8 Å². The van der Waals surface area contributed by atoms with Gasteiger partial charge in [0.05, 0.1) is 12.4 Å². The Morgan fingerprint density at radius 3 is 2.94 bits per heavy atom. The fraction of sp³-hybridized carbons (Fsp3) is 0.583. The Bertz CT molecular complexity index is 404. The summed E-state index contributed by atoms with van der Waals surface area (Å²) in [4.78, 5) is 18.7. The fourth-order valence-corrected chi connectivity index (χ4v) is 1.83. The maximum absolute atomic E-state index is 10.8. The van der Waals surface area contributed by atoms with Crippen molar-refractivity contribution in [3.05, 3.63) is 18.1 Å². The molecule has 5 heteroatoms. The van der Waals surface area contributed by atoms with Crippen molar-refractivity contribution in [3.63, 3.8) is 0 Å². The van der Waals surface area contributed by atoms with Crippen LogP contribution < -0.4 is 5.32 Å². The number of rotatable bonds is 6. The summed E-state index contributed by atoms with van der Waals surface area (Å²) in [6, 6.07) is 0.362. The molecule has 0 aliphatic heterocycles. The van der Waals surface area contributed by atoms with Gasteiger partial charge in [0, 0.05) is 6.04 Å². The van der Waals surface area contributed by atoms with Crippen LogP contribution in [0, 0.1) is 5.92 Å². The molecule has 2 N–H and O–H groups in total. The molecule has 1 unspecified atom stereocenters. The lowest BCUT2D eigenvalue weighted by Gasteiger charge is -2.16. The first-order chi connectivity index (χ1) is 8.19. The monoisotopic (exact) mass is 235 g/mol. The minimum atomic E-state index is -1.05. The summed E-state index contributed by atoms with van der Waals surface area (Å²) >= 11 is 0. The first-order valence-electron chi connectivity index (χ1n) is 6.01.